The van der Waals surface area contributed by atoms with Gasteiger partial charge in [-0.1, -0.05) is 44.2 Å². The van der Waals surface area contributed by atoms with Crippen LogP contribution in [-0.2, 0) is 27.3 Å². The molecule has 3 aliphatic rings. The van der Waals surface area contributed by atoms with Gasteiger partial charge in [-0.3, -0.25) is 9.69 Å². The van der Waals surface area contributed by atoms with Crippen LogP contribution in [0.25, 0.3) is 0 Å². The molecule has 8 heteroatoms. The van der Waals surface area contributed by atoms with Crippen molar-refractivity contribution in [3.05, 3.63) is 59.2 Å². The number of likely N-dealkylation sites (tertiary alicyclic amines) is 1. The van der Waals surface area contributed by atoms with Crippen molar-refractivity contribution in [3.63, 3.8) is 0 Å². The molecule has 3 atom stereocenters. The number of methoxy groups -OCH3 is 2. The van der Waals surface area contributed by atoms with E-state index in [1.807, 2.05) is 30.3 Å². The van der Waals surface area contributed by atoms with E-state index in [1.54, 1.807) is 19.1 Å². The third-order valence-corrected chi connectivity index (χ3v) is 9.54. The highest BCUT2D eigenvalue weighted by Crippen LogP contribution is 2.45. The molecule has 43 heavy (non-hydrogen) atoms. The molecular formula is C35H48N2O6. The first-order valence-electron chi connectivity index (χ1n) is 15.9. The Kier molecular flexibility index (Phi) is 10.5. The summed E-state index contributed by atoms with van der Waals surface area (Å²) in [6.45, 7) is 8.57. The zero-order chi connectivity index (χ0) is 30.3. The molecule has 234 valence electrons. The first-order valence-corrected chi connectivity index (χ1v) is 15.9. The van der Waals surface area contributed by atoms with Crippen LogP contribution in [-0.4, -0.2) is 68.9 Å². The molecule has 0 unspecified atom stereocenters. The third-order valence-electron chi connectivity index (χ3n) is 9.54. The Hall–Kier alpha value is -3.26. The zero-order valence-corrected chi connectivity index (χ0v) is 26.3. The van der Waals surface area contributed by atoms with Crippen LogP contribution in [0.3, 0.4) is 0 Å². The smallest absolute Gasteiger partial charge is 0.410 e. The molecule has 3 heterocycles. The van der Waals surface area contributed by atoms with Gasteiger partial charge in [-0.15, -0.1) is 0 Å². The second kappa shape index (κ2) is 14.5. The molecule has 1 amide bonds. The van der Waals surface area contributed by atoms with Crippen molar-refractivity contribution in [2.45, 2.75) is 65.0 Å². The van der Waals surface area contributed by atoms with E-state index >= 15 is 0 Å². The van der Waals surface area contributed by atoms with Crippen molar-refractivity contribution in [2.75, 3.05) is 47.0 Å². The zero-order valence-electron chi connectivity index (χ0n) is 26.3. The highest BCUT2D eigenvalue weighted by Gasteiger charge is 2.40. The quantitative estimate of drug-likeness (QED) is 0.301. The monoisotopic (exact) mass is 592 g/mol. The van der Waals surface area contributed by atoms with Gasteiger partial charge in [0.15, 0.2) is 11.5 Å². The van der Waals surface area contributed by atoms with Gasteiger partial charge in [-0.2, -0.15) is 0 Å². The molecule has 2 aromatic carbocycles. The van der Waals surface area contributed by atoms with Gasteiger partial charge in [0.25, 0.3) is 0 Å². The minimum atomic E-state index is -0.284. The fourth-order valence-electron chi connectivity index (χ4n) is 7.21. The minimum absolute atomic E-state index is 0.119. The van der Waals surface area contributed by atoms with Gasteiger partial charge in [0.1, 0.15) is 6.61 Å². The lowest BCUT2D eigenvalue weighted by Gasteiger charge is -2.47. The summed E-state index contributed by atoms with van der Waals surface area (Å²) in [4.78, 5) is 29.9. The second-order valence-electron chi connectivity index (χ2n) is 12.9. The van der Waals surface area contributed by atoms with Crippen molar-refractivity contribution >= 4 is 12.1 Å². The van der Waals surface area contributed by atoms with Crippen molar-refractivity contribution < 1.29 is 28.5 Å². The summed E-state index contributed by atoms with van der Waals surface area (Å²) >= 11 is 0. The molecule has 5 rings (SSSR count). The van der Waals surface area contributed by atoms with Crippen LogP contribution < -0.4 is 9.47 Å². The Bertz CT molecular complexity index is 1230. The van der Waals surface area contributed by atoms with Crippen molar-refractivity contribution in [1.29, 1.82) is 0 Å². The molecule has 0 N–H and O–H groups in total. The predicted molar refractivity (Wildman–Crippen MR) is 165 cm³/mol. The van der Waals surface area contributed by atoms with Crippen molar-refractivity contribution in [1.82, 2.24) is 9.80 Å². The highest BCUT2D eigenvalue weighted by molar-refractivity contribution is 5.70. The molecule has 8 nitrogen and oxygen atoms in total. The Morgan fingerprint density at radius 1 is 0.930 bits per heavy atom. The standard InChI is InChI=1S/C35H48N2O6/c1-24(2)16-28-21-37-15-12-27-19-32(40-3)33(41-4)20-30(27)31(37)18-29(28)23-42-34(38)17-25-10-13-36(14-11-25)35(39)43-22-26-8-6-5-7-9-26/h5-9,19-20,24-25,28-29,31H,10-18,21-23H2,1-4H3/t28-,29+,31-/m1/s1. The molecule has 2 fully saturated rings. The molecule has 0 saturated carbocycles. The number of nitrogens with zero attached hydrogens (tertiary/aromatic N) is 2. The average Bonchev–Trinajstić information content (AvgIpc) is 3.02. The number of piperidine rings is 2. The van der Waals surface area contributed by atoms with Crippen molar-refractivity contribution in [3.8, 4) is 11.5 Å². The molecule has 2 aromatic rings. The van der Waals surface area contributed by atoms with Gasteiger partial charge in [0, 0.05) is 38.6 Å². The lowest BCUT2D eigenvalue weighted by atomic mass is 9.74. The maximum atomic E-state index is 13.0. The van der Waals surface area contributed by atoms with Gasteiger partial charge < -0.3 is 23.8 Å². The normalized spacial score (nSPS) is 22.4. The van der Waals surface area contributed by atoms with Gasteiger partial charge in [-0.05, 0) is 84.6 Å². The second-order valence-corrected chi connectivity index (χ2v) is 12.9. The number of hydrogen-bond acceptors (Lipinski definition) is 7. The summed E-state index contributed by atoms with van der Waals surface area (Å²) in [6, 6.07) is 14.3. The summed E-state index contributed by atoms with van der Waals surface area (Å²) in [5.74, 6) is 3.06. The van der Waals surface area contributed by atoms with E-state index in [-0.39, 0.29) is 24.6 Å². The summed E-state index contributed by atoms with van der Waals surface area (Å²) in [5.41, 5.74) is 3.62. The van der Waals surface area contributed by atoms with Gasteiger partial charge in [0.2, 0.25) is 0 Å². The van der Waals surface area contributed by atoms with Crippen LogP contribution in [0.5, 0.6) is 11.5 Å². The summed E-state index contributed by atoms with van der Waals surface area (Å²) < 4.78 is 22.7. The number of hydrogen-bond donors (Lipinski definition) is 0. The largest absolute Gasteiger partial charge is 0.493 e. The van der Waals surface area contributed by atoms with Crippen LogP contribution in [0.2, 0.25) is 0 Å². The van der Waals surface area contributed by atoms with E-state index in [4.69, 9.17) is 18.9 Å². The molecule has 0 bridgehead atoms. The SMILES string of the molecule is COc1cc2c(cc1OC)[C@H]1C[C@@H](COC(=O)CC3CCN(C(=O)OCc4ccccc4)CC3)[C@H](CC(C)C)CN1CC2. The van der Waals surface area contributed by atoms with Crippen LogP contribution >= 0.6 is 0 Å². The number of amides is 1. The average molecular weight is 593 g/mol. The first-order chi connectivity index (χ1) is 20.8. The van der Waals surface area contributed by atoms with E-state index in [1.165, 1.54) is 11.1 Å². The molecule has 2 saturated heterocycles. The number of fused-ring (bicyclic) bond motifs is 3. The molecule has 0 aromatic heterocycles. The Morgan fingerprint density at radius 2 is 1.65 bits per heavy atom. The van der Waals surface area contributed by atoms with Gasteiger partial charge in [-0.25, -0.2) is 4.79 Å². The summed E-state index contributed by atoms with van der Waals surface area (Å²) in [5, 5.41) is 0. The van der Waals surface area contributed by atoms with E-state index in [0.29, 0.717) is 49.9 Å². The fraction of sp³-hybridized carbons (Fsp3) is 0.600. The maximum Gasteiger partial charge on any atom is 0.410 e. The predicted octanol–water partition coefficient (Wildman–Crippen LogP) is 6.27. The van der Waals surface area contributed by atoms with Crippen molar-refractivity contribution in [2.24, 2.45) is 23.7 Å². The van der Waals surface area contributed by atoms with Crippen LogP contribution in [0.4, 0.5) is 4.79 Å². The maximum absolute atomic E-state index is 13.0. The Morgan fingerprint density at radius 3 is 2.35 bits per heavy atom. The number of carbonyl (C=O) groups is 2. The van der Waals surface area contributed by atoms with E-state index in [2.05, 4.69) is 30.9 Å². The van der Waals surface area contributed by atoms with E-state index < -0.39 is 0 Å². The van der Waals surface area contributed by atoms with E-state index in [9.17, 15) is 9.59 Å². The Labute approximate surface area is 256 Å². The van der Waals surface area contributed by atoms with Crippen LogP contribution in [0, 0.1) is 23.7 Å². The van der Waals surface area contributed by atoms with Gasteiger partial charge in [0.05, 0.1) is 20.8 Å². The minimum Gasteiger partial charge on any atom is -0.493 e. The molecular weight excluding hydrogens is 544 g/mol. The number of esters is 1. The highest BCUT2D eigenvalue weighted by atomic mass is 16.6. The number of ether oxygens (including phenoxy) is 4. The van der Waals surface area contributed by atoms with Gasteiger partial charge >= 0.3 is 12.1 Å². The fourth-order valence-corrected chi connectivity index (χ4v) is 7.21. The summed E-state index contributed by atoms with van der Waals surface area (Å²) in [6.07, 6.45) is 4.79. The number of rotatable bonds is 10. The lowest BCUT2D eigenvalue weighted by Crippen LogP contribution is -2.47. The van der Waals surface area contributed by atoms with Crippen LogP contribution in [0.1, 0.15) is 68.7 Å². The van der Waals surface area contributed by atoms with E-state index in [0.717, 1.165) is 62.3 Å². The molecule has 0 radical (unpaired) electrons. The molecule has 3 aliphatic heterocycles. The molecule has 0 spiro atoms. The number of benzene rings is 2. The lowest BCUT2D eigenvalue weighted by molar-refractivity contribution is -0.148. The summed E-state index contributed by atoms with van der Waals surface area (Å²) in [7, 11) is 3.37. The van der Waals surface area contributed by atoms with Crippen LogP contribution in [0.15, 0.2) is 42.5 Å². The first kappa shape index (κ1) is 31.2. The topological polar surface area (TPSA) is 77.5 Å². The number of carbonyl (C=O) groups excluding carboxylic acids is 2. The molecule has 0 aliphatic carbocycles. The third kappa shape index (κ3) is 7.83. The Balaban J connectivity index is 1.13.